The zero-order valence-corrected chi connectivity index (χ0v) is 15.2. The largest absolute Gasteiger partial charge is 0.372 e. The van der Waals surface area contributed by atoms with Crippen LogP contribution in [0.2, 0.25) is 0 Å². The summed E-state index contributed by atoms with van der Waals surface area (Å²) in [5, 5.41) is 7.64. The molecule has 2 atom stereocenters. The standard InChI is InChI=1S/C19H30N4O2/c1-22-18(13-15(21-22)17-10-6-12-25-17)20-19(24)23-11-5-9-16(23)14-7-3-2-4-8-14/h13-14,16-17H,2-12H2,1H3,(H,20,24)/t16-,17+/m0/s1. The Balaban J connectivity index is 1.42. The van der Waals surface area contributed by atoms with Crippen LogP contribution in [0.15, 0.2) is 6.07 Å². The zero-order chi connectivity index (χ0) is 17.2. The Bertz CT molecular complexity index is 603. The molecule has 138 valence electrons. The van der Waals surface area contributed by atoms with Crippen molar-refractivity contribution in [2.75, 3.05) is 18.5 Å². The molecule has 0 radical (unpaired) electrons. The van der Waals surface area contributed by atoms with Crippen molar-refractivity contribution in [3.8, 4) is 0 Å². The number of anilines is 1. The highest BCUT2D eigenvalue weighted by Crippen LogP contribution is 2.35. The summed E-state index contributed by atoms with van der Waals surface area (Å²) in [6.07, 6.45) is 11.0. The molecule has 1 aromatic heterocycles. The summed E-state index contributed by atoms with van der Waals surface area (Å²) in [5.74, 6) is 1.46. The molecule has 6 heteroatoms. The molecular formula is C19H30N4O2. The summed E-state index contributed by atoms with van der Waals surface area (Å²) in [6, 6.07) is 2.43. The monoisotopic (exact) mass is 346 g/mol. The summed E-state index contributed by atoms with van der Waals surface area (Å²) in [5.41, 5.74) is 0.931. The molecule has 0 bridgehead atoms. The highest BCUT2D eigenvalue weighted by atomic mass is 16.5. The van der Waals surface area contributed by atoms with Gasteiger partial charge in [-0.3, -0.25) is 10.00 Å². The minimum atomic E-state index is 0.0370. The van der Waals surface area contributed by atoms with Gasteiger partial charge in [0.15, 0.2) is 0 Å². The third-order valence-corrected chi connectivity index (χ3v) is 6.15. The van der Waals surface area contributed by atoms with Gasteiger partial charge in [0.2, 0.25) is 0 Å². The van der Waals surface area contributed by atoms with Crippen molar-refractivity contribution in [1.82, 2.24) is 14.7 Å². The Kier molecular flexibility index (Phi) is 4.97. The molecule has 3 fully saturated rings. The molecule has 1 aromatic rings. The number of hydrogen-bond donors (Lipinski definition) is 1. The van der Waals surface area contributed by atoms with Crippen LogP contribution >= 0.6 is 0 Å². The van der Waals surface area contributed by atoms with E-state index in [0.717, 1.165) is 50.3 Å². The summed E-state index contributed by atoms with van der Waals surface area (Å²) < 4.78 is 7.47. The summed E-state index contributed by atoms with van der Waals surface area (Å²) in [6.45, 7) is 1.68. The molecule has 6 nitrogen and oxygen atoms in total. The topological polar surface area (TPSA) is 59.4 Å². The number of aryl methyl sites for hydroxylation is 1. The van der Waals surface area contributed by atoms with E-state index in [1.165, 1.54) is 32.1 Å². The second kappa shape index (κ2) is 7.36. The molecule has 25 heavy (non-hydrogen) atoms. The normalized spacial score (nSPS) is 27.8. The molecule has 1 saturated carbocycles. The predicted octanol–water partition coefficient (Wildman–Crippen LogP) is 3.85. The van der Waals surface area contributed by atoms with Gasteiger partial charge < -0.3 is 9.64 Å². The molecule has 0 unspecified atom stereocenters. The fraction of sp³-hybridized carbons (Fsp3) is 0.789. The number of ether oxygens (including phenoxy) is 1. The Morgan fingerprint density at radius 2 is 2.00 bits per heavy atom. The number of nitrogens with one attached hydrogen (secondary N) is 1. The predicted molar refractivity (Wildman–Crippen MR) is 96.5 cm³/mol. The molecule has 0 spiro atoms. The van der Waals surface area contributed by atoms with Gasteiger partial charge in [0, 0.05) is 32.3 Å². The molecule has 3 heterocycles. The summed E-state index contributed by atoms with van der Waals surface area (Å²) >= 11 is 0. The first-order chi connectivity index (χ1) is 12.2. The van der Waals surface area contributed by atoms with Crippen molar-refractivity contribution in [2.24, 2.45) is 13.0 Å². The number of carbonyl (C=O) groups excluding carboxylic acids is 1. The quantitative estimate of drug-likeness (QED) is 0.904. The maximum atomic E-state index is 12.9. The molecule has 3 aliphatic rings. The van der Waals surface area contributed by atoms with E-state index in [0.29, 0.717) is 12.0 Å². The summed E-state index contributed by atoms with van der Waals surface area (Å²) in [7, 11) is 1.89. The van der Waals surface area contributed by atoms with Gasteiger partial charge >= 0.3 is 6.03 Å². The van der Waals surface area contributed by atoms with E-state index >= 15 is 0 Å². The Morgan fingerprint density at radius 3 is 2.76 bits per heavy atom. The maximum Gasteiger partial charge on any atom is 0.323 e. The smallest absolute Gasteiger partial charge is 0.323 e. The lowest BCUT2D eigenvalue weighted by molar-refractivity contribution is 0.108. The van der Waals surface area contributed by atoms with Crippen LogP contribution in [0.3, 0.4) is 0 Å². The van der Waals surface area contributed by atoms with Gasteiger partial charge in [-0.2, -0.15) is 5.10 Å². The summed E-state index contributed by atoms with van der Waals surface area (Å²) in [4.78, 5) is 15.0. The molecular weight excluding hydrogens is 316 g/mol. The van der Waals surface area contributed by atoms with Crippen LogP contribution in [0.25, 0.3) is 0 Å². The molecule has 2 saturated heterocycles. The van der Waals surface area contributed by atoms with Gasteiger partial charge in [0.25, 0.3) is 0 Å². The fourth-order valence-electron chi connectivity index (χ4n) is 4.81. The highest BCUT2D eigenvalue weighted by molar-refractivity contribution is 5.89. The molecule has 0 aromatic carbocycles. The number of nitrogens with zero attached hydrogens (tertiary/aromatic N) is 3. The lowest BCUT2D eigenvalue weighted by Crippen LogP contribution is -2.43. The minimum absolute atomic E-state index is 0.0370. The van der Waals surface area contributed by atoms with Crippen LogP contribution in [-0.2, 0) is 11.8 Å². The van der Waals surface area contributed by atoms with E-state index in [4.69, 9.17) is 4.74 Å². The average molecular weight is 346 g/mol. The first-order valence-electron chi connectivity index (χ1n) is 9.95. The second-order valence-electron chi connectivity index (χ2n) is 7.81. The Labute approximate surface area is 149 Å². The van der Waals surface area contributed by atoms with Gasteiger partial charge in [-0.05, 0) is 44.4 Å². The molecule has 1 aliphatic carbocycles. The van der Waals surface area contributed by atoms with Gasteiger partial charge in [-0.15, -0.1) is 0 Å². The van der Waals surface area contributed by atoms with Crippen molar-refractivity contribution >= 4 is 11.8 Å². The van der Waals surface area contributed by atoms with Crippen molar-refractivity contribution in [1.29, 1.82) is 0 Å². The average Bonchev–Trinajstić information content (AvgIpc) is 3.37. The number of carbonyl (C=O) groups is 1. The fourth-order valence-corrected chi connectivity index (χ4v) is 4.81. The van der Waals surface area contributed by atoms with E-state index in [9.17, 15) is 4.79 Å². The van der Waals surface area contributed by atoms with E-state index in [2.05, 4.69) is 15.3 Å². The van der Waals surface area contributed by atoms with Crippen LogP contribution in [0.1, 0.15) is 69.6 Å². The van der Waals surface area contributed by atoms with Crippen LogP contribution in [-0.4, -0.2) is 39.9 Å². The third-order valence-electron chi connectivity index (χ3n) is 6.15. The van der Waals surface area contributed by atoms with Crippen molar-refractivity contribution in [3.63, 3.8) is 0 Å². The number of rotatable bonds is 3. The Hall–Kier alpha value is -1.56. The van der Waals surface area contributed by atoms with Crippen LogP contribution in [0, 0.1) is 5.92 Å². The lowest BCUT2D eigenvalue weighted by atomic mass is 9.83. The van der Waals surface area contributed by atoms with E-state index in [-0.39, 0.29) is 12.1 Å². The second-order valence-corrected chi connectivity index (χ2v) is 7.81. The number of hydrogen-bond acceptors (Lipinski definition) is 3. The highest BCUT2D eigenvalue weighted by Gasteiger charge is 2.35. The van der Waals surface area contributed by atoms with Crippen molar-refractivity contribution in [2.45, 2.75) is 69.9 Å². The van der Waals surface area contributed by atoms with Crippen molar-refractivity contribution < 1.29 is 9.53 Å². The molecule has 2 amide bonds. The molecule has 2 aliphatic heterocycles. The Morgan fingerprint density at radius 1 is 1.16 bits per heavy atom. The molecule has 4 rings (SSSR count). The van der Waals surface area contributed by atoms with Crippen LogP contribution in [0.4, 0.5) is 10.6 Å². The van der Waals surface area contributed by atoms with Gasteiger partial charge in [-0.25, -0.2) is 4.79 Å². The van der Waals surface area contributed by atoms with E-state index < -0.39 is 0 Å². The number of likely N-dealkylation sites (tertiary alicyclic amines) is 1. The van der Waals surface area contributed by atoms with Gasteiger partial charge in [0.05, 0.1) is 5.69 Å². The molecule has 1 N–H and O–H groups in total. The first-order valence-corrected chi connectivity index (χ1v) is 9.95. The lowest BCUT2D eigenvalue weighted by Gasteiger charge is -2.34. The number of amides is 2. The zero-order valence-electron chi connectivity index (χ0n) is 15.2. The minimum Gasteiger partial charge on any atom is -0.372 e. The number of urea groups is 1. The third kappa shape index (κ3) is 3.54. The van der Waals surface area contributed by atoms with Gasteiger partial charge in [-0.1, -0.05) is 19.3 Å². The number of aromatic nitrogens is 2. The SMILES string of the molecule is Cn1nc([C@H]2CCCO2)cc1NC(=O)N1CCC[C@H]1C1CCCCC1. The van der Waals surface area contributed by atoms with Crippen molar-refractivity contribution in [3.05, 3.63) is 11.8 Å². The van der Waals surface area contributed by atoms with E-state index in [1.807, 2.05) is 13.1 Å². The maximum absolute atomic E-state index is 12.9. The van der Waals surface area contributed by atoms with E-state index in [1.54, 1.807) is 4.68 Å². The van der Waals surface area contributed by atoms with Crippen LogP contribution in [0.5, 0.6) is 0 Å². The van der Waals surface area contributed by atoms with Gasteiger partial charge in [0.1, 0.15) is 11.9 Å². The van der Waals surface area contributed by atoms with Crippen LogP contribution < -0.4 is 5.32 Å². The first kappa shape index (κ1) is 16.9.